The van der Waals surface area contributed by atoms with Gasteiger partial charge in [-0.25, -0.2) is 4.39 Å². The highest BCUT2D eigenvalue weighted by molar-refractivity contribution is 6.35. The van der Waals surface area contributed by atoms with Crippen LogP contribution in [0.2, 0.25) is 15.1 Å². The largest absolute Gasteiger partial charge is 0.480 e. The molecule has 1 fully saturated rings. The molecule has 156 valence electrons. The quantitative estimate of drug-likeness (QED) is 0.549. The van der Waals surface area contributed by atoms with Gasteiger partial charge in [-0.3, -0.25) is 4.79 Å². The molecule has 0 spiro atoms. The van der Waals surface area contributed by atoms with Crippen LogP contribution < -0.4 is 5.32 Å². The lowest BCUT2D eigenvalue weighted by molar-refractivity contribution is -0.139. The van der Waals surface area contributed by atoms with E-state index in [4.69, 9.17) is 34.8 Å². The Labute approximate surface area is 185 Å². The molecule has 0 amide bonds. The fraction of sp³-hybridized carbons (Fsp3) is 0.409. The van der Waals surface area contributed by atoms with Gasteiger partial charge in [0.05, 0.1) is 0 Å². The van der Waals surface area contributed by atoms with E-state index < -0.39 is 29.7 Å². The Kier molecular flexibility index (Phi) is 6.50. The molecule has 0 aliphatic carbocycles. The van der Waals surface area contributed by atoms with Crippen molar-refractivity contribution in [2.75, 3.05) is 0 Å². The molecule has 1 aliphatic heterocycles. The molecule has 0 saturated carbocycles. The molecular weight excluding hydrogens is 436 g/mol. The second-order valence-electron chi connectivity index (χ2n) is 8.74. The number of hydrogen-bond acceptors (Lipinski definition) is 2. The highest BCUT2D eigenvalue weighted by Gasteiger charge is 2.49. The summed E-state index contributed by atoms with van der Waals surface area (Å²) in [7, 11) is 0. The molecule has 29 heavy (non-hydrogen) atoms. The first-order valence-electron chi connectivity index (χ1n) is 9.36. The van der Waals surface area contributed by atoms with Gasteiger partial charge in [-0.15, -0.1) is 0 Å². The number of benzene rings is 2. The molecule has 2 aromatic rings. The predicted molar refractivity (Wildman–Crippen MR) is 116 cm³/mol. The van der Waals surface area contributed by atoms with Crippen LogP contribution in [0.5, 0.6) is 0 Å². The van der Waals surface area contributed by atoms with Crippen molar-refractivity contribution in [1.82, 2.24) is 5.32 Å². The van der Waals surface area contributed by atoms with Gasteiger partial charge in [0, 0.05) is 32.9 Å². The minimum absolute atomic E-state index is 0.0967. The maximum atomic E-state index is 15.0. The van der Waals surface area contributed by atoms with Gasteiger partial charge >= 0.3 is 5.97 Å². The molecule has 4 atom stereocenters. The van der Waals surface area contributed by atoms with Crippen molar-refractivity contribution in [3.63, 3.8) is 0 Å². The van der Waals surface area contributed by atoms with E-state index in [1.165, 1.54) is 6.07 Å². The minimum atomic E-state index is -1.00. The van der Waals surface area contributed by atoms with Crippen LogP contribution in [0.1, 0.15) is 50.2 Å². The first-order chi connectivity index (χ1) is 13.5. The number of carboxylic acids is 1. The van der Waals surface area contributed by atoms with Gasteiger partial charge in [-0.2, -0.15) is 0 Å². The van der Waals surface area contributed by atoms with Gasteiger partial charge in [-0.1, -0.05) is 67.7 Å². The Bertz CT molecular complexity index is 929. The highest BCUT2D eigenvalue weighted by Crippen LogP contribution is 2.49. The third-order valence-electron chi connectivity index (χ3n) is 5.31. The average Bonchev–Trinajstić information content (AvgIpc) is 2.92. The predicted octanol–water partition coefficient (Wildman–Crippen LogP) is 6.51. The minimum Gasteiger partial charge on any atom is -0.480 e. The van der Waals surface area contributed by atoms with Crippen LogP contribution in [-0.4, -0.2) is 23.2 Å². The molecular formula is C22H23Cl3FNO2. The Hall–Kier alpha value is -1.33. The summed E-state index contributed by atoms with van der Waals surface area (Å²) in [5, 5.41) is 14.3. The van der Waals surface area contributed by atoms with Crippen LogP contribution in [0.15, 0.2) is 36.4 Å². The SMILES string of the molecule is CC(C)(C)CC1NC(C(=O)O)C(c2ccc(Cl)cc2Cl)C1c1ccc(Cl)cc1F. The maximum absolute atomic E-state index is 15.0. The molecule has 0 bridgehead atoms. The van der Waals surface area contributed by atoms with Crippen molar-refractivity contribution in [2.45, 2.75) is 51.1 Å². The van der Waals surface area contributed by atoms with Crippen molar-refractivity contribution in [3.8, 4) is 0 Å². The summed E-state index contributed by atoms with van der Waals surface area (Å²) in [6, 6.07) is 8.35. The van der Waals surface area contributed by atoms with Crippen LogP contribution in [-0.2, 0) is 4.79 Å². The average molecular weight is 459 g/mol. The Morgan fingerprint density at radius 3 is 2.14 bits per heavy atom. The summed E-state index contributed by atoms with van der Waals surface area (Å²) in [4.78, 5) is 12.1. The van der Waals surface area contributed by atoms with Crippen molar-refractivity contribution < 1.29 is 14.3 Å². The first-order valence-corrected chi connectivity index (χ1v) is 10.5. The second-order valence-corrected chi connectivity index (χ2v) is 10.0. The van der Waals surface area contributed by atoms with E-state index in [9.17, 15) is 14.3 Å². The smallest absolute Gasteiger partial charge is 0.321 e. The topological polar surface area (TPSA) is 49.3 Å². The van der Waals surface area contributed by atoms with E-state index in [0.29, 0.717) is 32.6 Å². The molecule has 3 rings (SSSR count). The number of carboxylic acid groups (broad SMARTS) is 1. The van der Waals surface area contributed by atoms with Crippen molar-refractivity contribution in [3.05, 3.63) is 68.4 Å². The van der Waals surface area contributed by atoms with Crippen LogP contribution in [0.4, 0.5) is 4.39 Å². The van der Waals surface area contributed by atoms with Crippen LogP contribution in [0, 0.1) is 11.2 Å². The number of nitrogens with one attached hydrogen (secondary N) is 1. The lowest BCUT2D eigenvalue weighted by atomic mass is 9.74. The highest BCUT2D eigenvalue weighted by atomic mass is 35.5. The molecule has 2 N–H and O–H groups in total. The third kappa shape index (κ3) is 4.88. The molecule has 1 heterocycles. The molecule has 4 unspecified atom stereocenters. The molecule has 0 aromatic heterocycles. The molecule has 2 aromatic carbocycles. The molecule has 7 heteroatoms. The summed E-state index contributed by atoms with van der Waals surface area (Å²) in [5.74, 6) is -2.47. The fourth-order valence-electron chi connectivity index (χ4n) is 4.29. The zero-order valence-corrected chi connectivity index (χ0v) is 18.6. The second kappa shape index (κ2) is 8.43. The lowest BCUT2D eigenvalue weighted by Gasteiger charge is -2.30. The van der Waals surface area contributed by atoms with Crippen molar-refractivity contribution in [1.29, 1.82) is 0 Å². The van der Waals surface area contributed by atoms with Crippen LogP contribution in [0.25, 0.3) is 0 Å². The third-order valence-corrected chi connectivity index (χ3v) is 6.11. The summed E-state index contributed by atoms with van der Waals surface area (Å²) in [6.07, 6.45) is 0.658. The van der Waals surface area contributed by atoms with E-state index in [0.717, 1.165) is 0 Å². The zero-order chi connectivity index (χ0) is 21.5. The number of halogens is 4. The monoisotopic (exact) mass is 457 g/mol. The lowest BCUT2D eigenvalue weighted by Crippen LogP contribution is -2.39. The van der Waals surface area contributed by atoms with Gasteiger partial charge in [0.25, 0.3) is 0 Å². The number of aliphatic carboxylic acids is 1. The van der Waals surface area contributed by atoms with Gasteiger partial charge in [0.15, 0.2) is 0 Å². The standard InChI is InChI=1S/C22H23Cl3FNO2/c1-22(2,3)10-17-18(14-7-5-12(24)9-16(14)26)19(20(27-17)21(28)29)13-6-4-11(23)8-15(13)25/h4-9,17-20,27H,10H2,1-3H3,(H,28,29). The summed E-state index contributed by atoms with van der Waals surface area (Å²) in [5.41, 5.74) is 0.961. The summed E-state index contributed by atoms with van der Waals surface area (Å²) >= 11 is 18.5. The van der Waals surface area contributed by atoms with E-state index in [1.807, 2.05) is 0 Å². The zero-order valence-electron chi connectivity index (χ0n) is 16.3. The normalized spacial score (nSPS) is 24.7. The number of rotatable bonds is 4. The summed E-state index contributed by atoms with van der Waals surface area (Å²) < 4.78 is 15.0. The molecule has 0 radical (unpaired) electrons. The first kappa shape index (κ1) is 22.4. The number of carbonyl (C=O) groups is 1. The number of hydrogen-bond donors (Lipinski definition) is 2. The van der Waals surface area contributed by atoms with Gasteiger partial charge in [0.2, 0.25) is 0 Å². The Morgan fingerprint density at radius 2 is 1.62 bits per heavy atom. The Balaban J connectivity index is 2.19. The van der Waals surface area contributed by atoms with Crippen LogP contribution >= 0.6 is 34.8 Å². The van der Waals surface area contributed by atoms with Crippen molar-refractivity contribution in [2.24, 2.45) is 5.41 Å². The maximum Gasteiger partial charge on any atom is 0.321 e. The van der Waals surface area contributed by atoms with Crippen LogP contribution in [0.3, 0.4) is 0 Å². The van der Waals surface area contributed by atoms with Gasteiger partial charge < -0.3 is 10.4 Å². The summed E-state index contributed by atoms with van der Waals surface area (Å²) in [6.45, 7) is 6.22. The molecule has 3 nitrogen and oxygen atoms in total. The van der Waals surface area contributed by atoms with E-state index in [-0.39, 0.29) is 11.5 Å². The Morgan fingerprint density at radius 1 is 1.03 bits per heavy atom. The van der Waals surface area contributed by atoms with Gasteiger partial charge in [0.1, 0.15) is 11.9 Å². The fourth-order valence-corrected chi connectivity index (χ4v) is 4.99. The van der Waals surface area contributed by atoms with E-state index in [1.54, 1.807) is 30.3 Å². The van der Waals surface area contributed by atoms with E-state index in [2.05, 4.69) is 26.1 Å². The molecule has 1 saturated heterocycles. The van der Waals surface area contributed by atoms with E-state index >= 15 is 0 Å². The van der Waals surface area contributed by atoms with Gasteiger partial charge in [-0.05, 0) is 47.2 Å². The van der Waals surface area contributed by atoms with Crippen molar-refractivity contribution >= 4 is 40.8 Å². The molecule has 1 aliphatic rings.